The Labute approximate surface area is 78.9 Å². The van der Waals surface area contributed by atoms with Crippen LogP contribution in [0.15, 0.2) is 0 Å². The van der Waals surface area contributed by atoms with Crippen LogP contribution in [-0.4, -0.2) is 43.6 Å². The molecule has 1 aliphatic heterocycles. The molecular weight excluding hydrogens is 192 g/mol. The van der Waals surface area contributed by atoms with E-state index in [-0.39, 0.29) is 12.6 Å². The van der Waals surface area contributed by atoms with Gasteiger partial charge in [-0.1, -0.05) is 0 Å². The summed E-state index contributed by atoms with van der Waals surface area (Å²) < 4.78 is 26.4. The fraction of sp³-hybridized carbons (Fsp3) is 1.00. The number of hydrogen-bond acceptors (Lipinski definition) is 3. The van der Waals surface area contributed by atoms with E-state index < -0.39 is 16.3 Å². The van der Waals surface area contributed by atoms with E-state index in [9.17, 15) is 13.5 Å². The highest BCUT2D eigenvalue weighted by atomic mass is 32.2. The third-order valence-electron chi connectivity index (χ3n) is 2.37. The zero-order valence-corrected chi connectivity index (χ0v) is 8.71. The summed E-state index contributed by atoms with van der Waals surface area (Å²) in [6.45, 7) is 2.05. The molecule has 0 aromatic heterocycles. The summed E-state index contributed by atoms with van der Waals surface area (Å²) in [6.07, 6.45) is 0.859. The van der Waals surface area contributed by atoms with Gasteiger partial charge in [-0.25, -0.2) is 4.72 Å². The monoisotopic (exact) mass is 208 g/mol. The van der Waals surface area contributed by atoms with E-state index >= 15 is 0 Å². The van der Waals surface area contributed by atoms with Gasteiger partial charge in [-0.3, -0.25) is 0 Å². The number of piperidine rings is 1. The van der Waals surface area contributed by atoms with Gasteiger partial charge in [0, 0.05) is 19.6 Å². The van der Waals surface area contributed by atoms with Gasteiger partial charge in [-0.15, -0.1) is 0 Å². The van der Waals surface area contributed by atoms with Crippen LogP contribution in [0.1, 0.15) is 19.8 Å². The maximum absolute atomic E-state index is 11.4. The first kappa shape index (κ1) is 10.9. The van der Waals surface area contributed by atoms with Crippen molar-refractivity contribution in [2.24, 2.45) is 0 Å². The van der Waals surface area contributed by atoms with Crippen LogP contribution in [0.3, 0.4) is 0 Å². The zero-order valence-electron chi connectivity index (χ0n) is 7.90. The van der Waals surface area contributed by atoms with E-state index in [1.807, 2.05) is 6.92 Å². The van der Waals surface area contributed by atoms with Crippen molar-refractivity contribution in [1.82, 2.24) is 9.03 Å². The second kappa shape index (κ2) is 3.91. The predicted octanol–water partition coefficient (Wildman–Crippen LogP) is -0.704. The Morgan fingerprint density at radius 1 is 1.46 bits per heavy atom. The zero-order chi connectivity index (χ0) is 10.1. The van der Waals surface area contributed by atoms with Crippen LogP contribution >= 0.6 is 0 Å². The van der Waals surface area contributed by atoms with Crippen molar-refractivity contribution < 1.29 is 13.5 Å². The van der Waals surface area contributed by atoms with Crippen molar-refractivity contribution in [3.8, 4) is 0 Å². The van der Waals surface area contributed by atoms with Gasteiger partial charge in [0.1, 0.15) is 0 Å². The summed E-state index contributed by atoms with van der Waals surface area (Å²) in [4.78, 5) is 0. The fourth-order valence-electron chi connectivity index (χ4n) is 1.51. The standard InChI is InChI=1S/C7H16N2O3S/c1-6-3-4-7(10)5-9(6)13(11,12)8-2/h6-8,10H,3-5H2,1-2H3/t6-,7-/m1/s1. The van der Waals surface area contributed by atoms with Crippen molar-refractivity contribution in [3.05, 3.63) is 0 Å². The first-order chi connectivity index (χ1) is 5.97. The second-order valence-corrected chi connectivity index (χ2v) is 5.19. The van der Waals surface area contributed by atoms with E-state index in [4.69, 9.17) is 0 Å². The Kier molecular flexibility index (Phi) is 3.28. The number of hydrogen-bond donors (Lipinski definition) is 2. The molecule has 1 rings (SSSR count). The lowest BCUT2D eigenvalue weighted by atomic mass is 10.0. The lowest BCUT2D eigenvalue weighted by Gasteiger charge is -2.34. The molecule has 2 atom stereocenters. The Morgan fingerprint density at radius 2 is 2.08 bits per heavy atom. The number of nitrogens with one attached hydrogen (secondary N) is 1. The average molecular weight is 208 g/mol. The molecule has 0 aromatic carbocycles. The SMILES string of the molecule is CNS(=O)(=O)N1C[C@H](O)CC[C@H]1C. The minimum absolute atomic E-state index is 0.0270. The average Bonchev–Trinajstić information content (AvgIpc) is 2.09. The number of β-amino-alcohol motifs (C(OH)–C–C–N with tert-alkyl or cyclic N) is 1. The smallest absolute Gasteiger partial charge is 0.279 e. The number of aliphatic hydroxyl groups excluding tert-OH is 1. The molecular formula is C7H16N2O3S. The Bertz CT molecular complexity index is 265. The number of aliphatic hydroxyl groups is 1. The first-order valence-electron chi connectivity index (χ1n) is 4.35. The molecule has 1 fully saturated rings. The molecule has 1 saturated heterocycles. The van der Waals surface area contributed by atoms with E-state index in [2.05, 4.69) is 4.72 Å². The quantitative estimate of drug-likeness (QED) is 0.630. The Balaban J connectivity index is 2.77. The van der Waals surface area contributed by atoms with Crippen molar-refractivity contribution in [2.75, 3.05) is 13.6 Å². The summed E-state index contributed by atoms with van der Waals surface area (Å²) in [5.74, 6) is 0. The predicted molar refractivity (Wildman–Crippen MR) is 49.4 cm³/mol. The Morgan fingerprint density at radius 3 is 2.62 bits per heavy atom. The van der Waals surface area contributed by atoms with Gasteiger partial charge < -0.3 is 5.11 Å². The normalized spacial score (nSPS) is 31.9. The van der Waals surface area contributed by atoms with Gasteiger partial charge in [-0.05, 0) is 19.8 Å². The van der Waals surface area contributed by atoms with Gasteiger partial charge in [0.05, 0.1) is 6.10 Å². The largest absolute Gasteiger partial charge is 0.392 e. The lowest BCUT2D eigenvalue weighted by Crippen LogP contribution is -2.50. The molecule has 1 aliphatic rings. The van der Waals surface area contributed by atoms with Crippen LogP contribution in [-0.2, 0) is 10.2 Å². The van der Waals surface area contributed by atoms with Crippen molar-refractivity contribution in [2.45, 2.75) is 31.9 Å². The van der Waals surface area contributed by atoms with E-state index in [1.165, 1.54) is 11.4 Å². The first-order valence-corrected chi connectivity index (χ1v) is 5.79. The number of rotatable bonds is 2. The summed E-state index contributed by atoms with van der Waals surface area (Å²) in [5, 5.41) is 9.32. The number of nitrogens with zero attached hydrogens (tertiary/aromatic N) is 1. The minimum Gasteiger partial charge on any atom is -0.392 e. The molecule has 0 bridgehead atoms. The Hall–Kier alpha value is -0.170. The molecule has 0 amide bonds. The fourth-order valence-corrected chi connectivity index (χ4v) is 2.69. The minimum atomic E-state index is -3.38. The summed E-state index contributed by atoms with van der Waals surface area (Å²) >= 11 is 0. The molecule has 78 valence electrons. The highest BCUT2D eigenvalue weighted by Crippen LogP contribution is 2.19. The second-order valence-electron chi connectivity index (χ2n) is 3.36. The third-order valence-corrected chi connectivity index (χ3v) is 4.01. The van der Waals surface area contributed by atoms with Gasteiger partial charge in [-0.2, -0.15) is 12.7 Å². The third kappa shape index (κ3) is 2.40. The highest BCUT2D eigenvalue weighted by molar-refractivity contribution is 7.87. The van der Waals surface area contributed by atoms with Gasteiger partial charge in [0.2, 0.25) is 0 Å². The van der Waals surface area contributed by atoms with E-state index in [1.54, 1.807) is 0 Å². The molecule has 2 N–H and O–H groups in total. The topological polar surface area (TPSA) is 69.6 Å². The molecule has 0 aromatic rings. The van der Waals surface area contributed by atoms with Crippen LogP contribution in [0.2, 0.25) is 0 Å². The summed E-state index contributed by atoms with van der Waals surface area (Å²) in [6, 6.07) is -0.0270. The molecule has 0 spiro atoms. The van der Waals surface area contributed by atoms with Gasteiger partial charge in [0.15, 0.2) is 0 Å². The maximum atomic E-state index is 11.4. The molecule has 6 heteroatoms. The van der Waals surface area contributed by atoms with Crippen LogP contribution < -0.4 is 4.72 Å². The van der Waals surface area contributed by atoms with E-state index in [0.29, 0.717) is 12.8 Å². The summed E-state index contributed by atoms with van der Waals surface area (Å²) in [7, 11) is -2.00. The molecule has 1 heterocycles. The molecule has 0 aliphatic carbocycles. The summed E-state index contributed by atoms with van der Waals surface area (Å²) in [5.41, 5.74) is 0. The van der Waals surface area contributed by atoms with Gasteiger partial charge in [0.25, 0.3) is 10.2 Å². The molecule has 0 radical (unpaired) electrons. The molecule has 0 unspecified atom stereocenters. The van der Waals surface area contributed by atoms with E-state index in [0.717, 1.165) is 0 Å². The molecule has 0 saturated carbocycles. The highest BCUT2D eigenvalue weighted by Gasteiger charge is 2.31. The van der Waals surface area contributed by atoms with Crippen molar-refractivity contribution >= 4 is 10.2 Å². The van der Waals surface area contributed by atoms with Crippen LogP contribution in [0.5, 0.6) is 0 Å². The van der Waals surface area contributed by atoms with Crippen LogP contribution in [0, 0.1) is 0 Å². The van der Waals surface area contributed by atoms with Crippen molar-refractivity contribution in [3.63, 3.8) is 0 Å². The van der Waals surface area contributed by atoms with Crippen molar-refractivity contribution in [1.29, 1.82) is 0 Å². The van der Waals surface area contributed by atoms with Gasteiger partial charge >= 0.3 is 0 Å². The lowest BCUT2D eigenvalue weighted by molar-refractivity contribution is 0.0850. The molecule has 5 nitrogen and oxygen atoms in total. The maximum Gasteiger partial charge on any atom is 0.279 e. The molecule has 13 heavy (non-hydrogen) atoms. The van der Waals surface area contributed by atoms with Crippen LogP contribution in [0.25, 0.3) is 0 Å². The van der Waals surface area contributed by atoms with Crippen LogP contribution in [0.4, 0.5) is 0 Å².